The number of halogens is 3. The van der Waals surface area contributed by atoms with Gasteiger partial charge in [-0.1, -0.05) is 48.5 Å². The maximum Gasteiger partial charge on any atom is 0.391 e. The van der Waals surface area contributed by atoms with Crippen LogP contribution in [-0.2, 0) is 57.2 Å². The lowest BCUT2D eigenvalue weighted by atomic mass is 9.74. The van der Waals surface area contributed by atoms with E-state index in [4.69, 9.17) is 23.7 Å². The summed E-state index contributed by atoms with van der Waals surface area (Å²) in [6, 6.07) is 4.03. The number of hydrogen-bond donors (Lipinski definition) is 1. The Kier molecular flexibility index (Phi) is 60.4. The molecule has 0 aromatic carbocycles. The van der Waals surface area contributed by atoms with E-state index in [-0.39, 0.29) is 47.8 Å². The van der Waals surface area contributed by atoms with Crippen LogP contribution in [0, 0.1) is 64.1 Å². The number of carbonyl (C=O) groups is 7. The van der Waals surface area contributed by atoms with Crippen molar-refractivity contribution in [3.8, 4) is 0 Å². The van der Waals surface area contributed by atoms with Gasteiger partial charge in [0.1, 0.15) is 34.7 Å². The first kappa shape index (κ1) is 120. The van der Waals surface area contributed by atoms with Gasteiger partial charge in [0, 0.05) is 183 Å². The van der Waals surface area contributed by atoms with Crippen molar-refractivity contribution in [1.82, 2.24) is 39.2 Å². The Morgan fingerprint density at radius 2 is 0.696 bits per heavy atom. The number of likely N-dealkylation sites (tertiary alicyclic amines) is 7. The molecule has 1 amide bonds. The monoisotopic (exact) mass is 1780 g/mol. The van der Waals surface area contributed by atoms with Crippen molar-refractivity contribution in [1.29, 1.82) is 0 Å². The predicted molar refractivity (Wildman–Crippen MR) is 507 cm³/mol. The van der Waals surface area contributed by atoms with Gasteiger partial charge in [-0.2, -0.15) is 13.2 Å². The van der Waals surface area contributed by atoms with Crippen molar-refractivity contribution in [2.24, 2.45) is 64.1 Å². The molecule has 6 atom stereocenters. The number of aliphatic hydroxyl groups excluding tert-OH is 1. The van der Waals surface area contributed by atoms with E-state index in [9.17, 15) is 51.8 Å². The highest BCUT2D eigenvalue weighted by atomic mass is 19.4. The van der Waals surface area contributed by atoms with Crippen molar-refractivity contribution < 1.29 is 75.5 Å². The van der Waals surface area contributed by atoms with E-state index < -0.39 is 23.6 Å². The molecule has 7 heterocycles. The number of amides is 1. The Morgan fingerprint density at radius 1 is 0.400 bits per heavy atom. The molecule has 7 aliphatic heterocycles. The molecule has 6 unspecified atom stereocenters. The summed E-state index contributed by atoms with van der Waals surface area (Å²) in [5, 5.41) is 9.28. The van der Waals surface area contributed by atoms with Crippen LogP contribution in [0.1, 0.15) is 321 Å². The summed E-state index contributed by atoms with van der Waals surface area (Å²) in [5.74, 6) is 3.14. The van der Waals surface area contributed by atoms with Crippen LogP contribution in [0.15, 0.2) is 0 Å². The van der Waals surface area contributed by atoms with Gasteiger partial charge in [-0.25, -0.2) is 0 Å². The van der Waals surface area contributed by atoms with Gasteiger partial charge in [0.15, 0.2) is 0 Å². The van der Waals surface area contributed by atoms with Crippen LogP contribution in [0.3, 0.4) is 0 Å². The number of alkyl halides is 3. The summed E-state index contributed by atoms with van der Waals surface area (Å²) in [5.41, 5.74) is -0.682. The SMILES string of the molecule is CC(C)N1CCC(C)(C(=O)CC(C)C(F)(F)F)CC1.CC(C)OCCCC(=O)C1CCN(C(C)C)CC1.CC(O)CN(C)C(=O)C1CCN(C(C)C)CC1.COC(C)CCC(=O)C1CCN(C(C)C)CC1.COC(CCC(=O)C1CCN(C(C)C)CC1)C(C)C.COCC(C)CC(=O)C1(C)CCN(C(C)C)CC1.COCC(C)CC(=O)C1CCN(C(C)C)CC1. The van der Waals surface area contributed by atoms with E-state index >= 15 is 0 Å². The Bertz CT molecular complexity index is 2880. The lowest BCUT2D eigenvalue weighted by molar-refractivity contribution is -0.176. The second kappa shape index (κ2) is 63.0. The van der Waals surface area contributed by atoms with Crippen molar-refractivity contribution in [2.75, 3.05) is 153 Å². The number of carbonyl (C=O) groups excluding carboxylic acids is 7. The summed E-state index contributed by atoms with van der Waals surface area (Å²) < 4.78 is 63.8. The van der Waals surface area contributed by atoms with Gasteiger partial charge in [-0.15, -0.1) is 0 Å². The van der Waals surface area contributed by atoms with Crippen LogP contribution in [0.25, 0.3) is 0 Å². The van der Waals surface area contributed by atoms with Crippen LogP contribution in [0.4, 0.5) is 13.2 Å². The molecular formula is C101H193F3N8O13. The maximum atomic E-state index is 12.5. The molecule has 7 fully saturated rings. The minimum absolute atomic E-state index is 0.104. The second-order valence-electron chi connectivity index (χ2n) is 41.5. The highest BCUT2D eigenvalue weighted by Crippen LogP contribution is 2.39. The normalized spacial score (nSPS) is 20.8. The third-order valence-corrected chi connectivity index (χ3v) is 28.0. The molecule has 1 N–H and O–H groups in total. The van der Waals surface area contributed by atoms with Crippen LogP contribution in [-0.4, -0.2) is 311 Å². The van der Waals surface area contributed by atoms with Gasteiger partial charge in [-0.05, 0) is 343 Å². The molecule has 0 aromatic heterocycles. The van der Waals surface area contributed by atoms with E-state index in [1.54, 1.807) is 47.3 Å². The number of methoxy groups -OCH3 is 4. The summed E-state index contributed by atoms with van der Waals surface area (Å²) in [6.07, 6.45) is 15.1. The third kappa shape index (κ3) is 48.3. The highest BCUT2D eigenvalue weighted by Gasteiger charge is 2.44. The summed E-state index contributed by atoms with van der Waals surface area (Å²) in [6.45, 7) is 69.0. The number of piperidine rings is 7. The van der Waals surface area contributed by atoms with Gasteiger partial charge < -0.3 is 68.0 Å². The fraction of sp³-hybridized carbons (Fsp3) is 0.931. The molecule has 0 aromatic rings. The fourth-order valence-electron chi connectivity index (χ4n) is 18.1. The lowest BCUT2D eigenvalue weighted by Gasteiger charge is -2.40. The molecule has 125 heavy (non-hydrogen) atoms. The zero-order valence-electron chi connectivity index (χ0n) is 85.6. The molecule has 7 aliphatic rings. The van der Waals surface area contributed by atoms with Gasteiger partial charge in [-0.3, -0.25) is 33.6 Å². The van der Waals surface area contributed by atoms with E-state index in [0.717, 1.165) is 195 Å². The van der Waals surface area contributed by atoms with Crippen LogP contribution < -0.4 is 0 Å². The van der Waals surface area contributed by atoms with E-state index in [2.05, 4.69) is 166 Å². The number of likely N-dealkylation sites (N-methyl/N-ethyl adjacent to an activating group) is 1. The largest absolute Gasteiger partial charge is 0.392 e. The van der Waals surface area contributed by atoms with Gasteiger partial charge >= 0.3 is 6.18 Å². The van der Waals surface area contributed by atoms with E-state index in [1.807, 2.05) is 27.7 Å². The number of Topliss-reactive ketones (excluding diaryl/α,β-unsaturated/α-hetero) is 6. The molecular weight excluding hydrogens is 1590 g/mol. The van der Waals surface area contributed by atoms with Crippen LogP contribution >= 0.6 is 0 Å². The average Bonchev–Trinajstić information content (AvgIpc) is 1.68. The highest BCUT2D eigenvalue weighted by molar-refractivity contribution is 5.86. The lowest BCUT2D eigenvalue weighted by Crippen LogP contribution is -2.45. The molecule has 7 rings (SSSR count). The minimum atomic E-state index is -4.27. The van der Waals surface area contributed by atoms with Gasteiger partial charge in [0.2, 0.25) is 5.91 Å². The summed E-state index contributed by atoms with van der Waals surface area (Å²) in [4.78, 5) is 104. The Hall–Kier alpha value is -3.24. The van der Waals surface area contributed by atoms with Crippen molar-refractivity contribution in [2.45, 2.75) is 394 Å². The molecule has 24 heteroatoms. The quantitative estimate of drug-likeness (QED) is 0.0565. The summed E-state index contributed by atoms with van der Waals surface area (Å²) >= 11 is 0. The molecule has 0 radical (unpaired) electrons. The number of hydrogen-bond acceptors (Lipinski definition) is 20. The number of rotatable bonds is 40. The molecule has 736 valence electrons. The zero-order chi connectivity index (χ0) is 95.2. The second-order valence-corrected chi connectivity index (χ2v) is 41.5. The van der Waals surface area contributed by atoms with Crippen molar-refractivity contribution in [3.63, 3.8) is 0 Å². The van der Waals surface area contributed by atoms with Gasteiger partial charge in [0.25, 0.3) is 0 Å². The molecule has 0 bridgehead atoms. The number of nitrogens with zero attached hydrogens (tertiary/aromatic N) is 8. The molecule has 0 spiro atoms. The molecule has 0 aliphatic carbocycles. The Morgan fingerprint density at radius 3 is 0.984 bits per heavy atom. The minimum Gasteiger partial charge on any atom is -0.392 e. The number of aliphatic hydroxyl groups is 1. The van der Waals surface area contributed by atoms with E-state index in [1.165, 1.54) is 0 Å². The number of ketones is 6. The summed E-state index contributed by atoms with van der Waals surface area (Å²) in [7, 11) is 8.63. The number of ether oxygens (including phenoxy) is 5. The maximum absolute atomic E-state index is 12.5. The molecule has 0 saturated carbocycles. The van der Waals surface area contributed by atoms with E-state index in [0.29, 0.717) is 184 Å². The topological polar surface area (TPSA) is 212 Å². The molecule has 21 nitrogen and oxygen atoms in total. The standard InChI is InChI=1S/C16H31NO2.2C15H29NO2.C14H24F3NO.2C14H27NO2.C13H26N2O2/c1-12(2)16(19-5)7-6-15(18)14-8-10-17(11-9-14)13(3)4;1-12(2)16-8-6-15(4,7-9-16)14(17)10-13(3)11-18-5;1-12(2)16-9-7-14(8-10-16)15(17)6-5-11-18-13(3)4;1-10(2)18-7-5-13(4,6-8-18)12(19)9-11(3)14(15,16)17;1-11(2)15-7-5-13(6-8-15)14(16)9-12(3)10-17-4;1-11(2)15-9-7-13(8-10-15)14(16)6-5-12(3)17-4;1-10(2)15-7-5-12(6-8-15)13(17)14(4)9-11(3)16/h12-14,16H,6-11H2,1-5H3;12-13H,6-11H2,1-5H3;12-14H,5-11H2,1-4H3;10-11H,5-9H2,1-4H3;2*11-13H,5-10H2,1-4H3;10-12,16H,5-9H2,1-4H3. The third-order valence-electron chi connectivity index (χ3n) is 28.0. The Labute approximate surface area is 762 Å². The smallest absolute Gasteiger partial charge is 0.391 e. The fourth-order valence-corrected chi connectivity index (χ4v) is 18.1. The zero-order valence-corrected chi connectivity index (χ0v) is 85.6. The average molecular weight is 1780 g/mol. The van der Waals surface area contributed by atoms with Crippen molar-refractivity contribution >= 4 is 40.6 Å². The first-order valence-electron chi connectivity index (χ1n) is 49.4. The van der Waals surface area contributed by atoms with Gasteiger partial charge in [0.05, 0.1) is 30.3 Å². The van der Waals surface area contributed by atoms with Crippen LogP contribution in [0.2, 0.25) is 0 Å². The predicted octanol–water partition coefficient (Wildman–Crippen LogP) is 18.2. The van der Waals surface area contributed by atoms with Crippen LogP contribution in [0.5, 0.6) is 0 Å². The first-order chi connectivity index (χ1) is 58.4. The van der Waals surface area contributed by atoms with Crippen molar-refractivity contribution in [3.05, 3.63) is 0 Å². The Balaban J connectivity index is 0.000000729. The molecule has 7 saturated heterocycles. The first-order valence-corrected chi connectivity index (χ1v) is 49.4.